The normalized spacial score (nSPS) is 15.0. The molecule has 0 aromatic heterocycles. The number of hydrogen-bond acceptors (Lipinski definition) is 5. The van der Waals surface area contributed by atoms with Crippen LogP contribution in [0.15, 0.2) is 42.5 Å². The van der Waals surface area contributed by atoms with E-state index in [1.165, 1.54) is 6.08 Å². The van der Waals surface area contributed by atoms with E-state index in [9.17, 15) is 4.79 Å². The molecule has 0 spiro atoms. The number of hydrogen-bond donors (Lipinski definition) is 0. The summed E-state index contributed by atoms with van der Waals surface area (Å²) in [5.74, 6) is 2.60. The van der Waals surface area contributed by atoms with Crippen LogP contribution < -0.4 is 18.9 Å². The Morgan fingerprint density at radius 3 is 2.43 bits per heavy atom. The summed E-state index contributed by atoms with van der Waals surface area (Å²) in [4.78, 5) is 12.3. The Bertz CT molecular complexity index is 794. The van der Waals surface area contributed by atoms with Gasteiger partial charge in [0.15, 0.2) is 28.8 Å². The summed E-state index contributed by atoms with van der Waals surface area (Å²) in [5, 5.41) is 0. The minimum atomic E-state index is -0.0989. The summed E-state index contributed by atoms with van der Waals surface area (Å²) in [5.41, 5.74) is 1.44. The van der Waals surface area contributed by atoms with E-state index < -0.39 is 0 Å². The molecular weight excluding hydrogens is 296 g/mol. The van der Waals surface area contributed by atoms with E-state index in [1.54, 1.807) is 24.3 Å². The van der Waals surface area contributed by atoms with E-state index in [0.29, 0.717) is 36.0 Å². The molecule has 0 saturated carbocycles. The van der Waals surface area contributed by atoms with Gasteiger partial charge < -0.3 is 18.9 Å². The lowest BCUT2D eigenvalue weighted by atomic mass is 10.1. The van der Waals surface area contributed by atoms with Gasteiger partial charge in [-0.05, 0) is 42.0 Å². The standard InChI is InChI=1S/C18H14O5/c19-14(13-3-6-16-18(10-13)23-11-22-16)4-1-12-2-5-15-17(9-12)21-8-7-20-15/h1-6,9-10H,7-8,11H2/b4-1+. The first kappa shape index (κ1) is 13.7. The zero-order chi connectivity index (χ0) is 15.6. The van der Waals surface area contributed by atoms with E-state index >= 15 is 0 Å². The van der Waals surface area contributed by atoms with Crippen molar-refractivity contribution >= 4 is 11.9 Å². The predicted molar refractivity (Wildman–Crippen MR) is 83.4 cm³/mol. The van der Waals surface area contributed by atoms with Gasteiger partial charge in [0.2, 0.25) is 6.79 Å². The van der Waals surface area contributed by atoms with Gasteiger partial charge >= 0.3 is 0 Å². The number of benzene rings is 2. The molecule has 0 saturated heterocycles. The Morgan fingerprint density at radius 1 is 0.826 bits per heavy atom. The van der Waals surface area contributed by atoms with Crippen molar-refractivity contribution in [1.29, 1.82) is 0 Å². The molecule has 0 bridgehead atoms. The van der Waals surface area contributed by atoms with Gasteiger partial charge in [-0.2, -0.15) is 0 Å². The van der Waals surface area contributed by atoms with Crippen LogP contribution in [-0.2, 0) is 0 Å². The lowest BCUT2D eigenvalue weighted by molar-refractivity contribution is 0.104. The lowest BCUT2D eigenvalue weighted by Gasteiger charge is -2.18. The van der Waals surface area contributed by atoms with Crippen LogP contribution in [0.2, 0.25) is 0 Å². The van der Waals surface area contributed by atoms with E-state index in [1.807, 2.05) is 18.2 Å². The molecule has 0 N–H and O–H groups in total. The molecule has 0 fully saturated rings. The van der Waals surface area contributed by atoms with Crippen molar-refractivity contribution in [1.82, 2.24) is 0 Å². The summed E-state index contributed by atoms with van der Waals surface area (Å²) in [7, 11) is 0. The van der Waals surface area contributed by atoms with Crippen LogP contribution in [-0.4, -0.2) is 25.8 Å². The quantitative estimate of drug-likeness (QED) is 0.644. The van der Waals surface area contributed by atoms with Crippen LogP contribution in [0.3, 0.4) is 0 Å². The highest BCUT2D eigenvalue weighted by Crippen LogP contribution is 2.33. The molecule has 5 heteroatoms. The highest BCUT2D eigenvalue weighted by Gasteiger charge is 2.15. The first-order valence-electron chi connectivity index (χ1n) is 7.31. The second kappa shape index (κ2) is 5.68. The van der Waals surface area contributed by atoms with Gasteiger partial charge in [-0.1, -0.05) is 12.1 Å². The minimum Gasteiger partial charge on any atom is -0.486 e. The van der Waals surface area contributed by atoms with Crippen molar-refractivity contribution in [3.63, 3.8) is 0 Å². The number of carbonyl (C=O) groups excluding carboxylic acids is 1. The van der Waals surface area contributed by atoms with Crippen molar-refractivity contribution < 1.29 is 23.7 Å². The van der Waals surface area contributed by atoms with Gasteiger partial charge in [0.25, 0.3) is 0 Å². The topological polar surface area (TPSA) is 54.0 Å². The summed E-state index contributed by atoms with van der Waals surface area (Å²) in [6.45, 7) is 1.29. The molecule has 5 nitrogen and oxygen atoms in total. The Kier molecular flexibility index (Phi) is 3.38. The molecule has 2 aromatic carbocycles. The van der Waals surface area contributed by atoms with Gasteiger partial charge in [-0.15, -0.1) is 0 Å². The van der Waals surface area contributed by atoms with Crippen LogP contribution in [0.4, 0.5) is 0 Å². The first-order valence-corrected chi connectivity index (χ1v) is 7.31. The number of ether oxygens (including phenoxy) is 4. The van der Waals surface area contributed by atoms with Gasteiger partial charge in [0.1, 0.15) is 13.2 Å². The van der Waals surface area contributed by atoms with Gasteiger partial charge in [-0.3, -0.25) is 4.79 Å². The van der Waals surface area contributed by atoms with Crippen molar-refractivity contribution in [3.8, 4) is 23.0 Å². The van der Waals surface area contributed by atoms with E-state index in [0.717, 1.165) is 11.3 Å². The molecule has 0 atom stereocenters. The third kappa shape index (κ3) is 2.73. The maximum Gasteiger partial charge on any atom is 0.231 e. The van der Waals surface area contributed by atoms with Crippen LogP contribution in [0.5, 0.6) is 23.0 Å². The monoisotopic (exact) mass is 310 g/mol. The Hall–Kier alpha value is -2.95. The number of allylic oxidation sites excluding steroid dienone is 1. The van der Waals surface area contributed by atoms with Crippen molar-refractivity contribution in [2.45, 2.75) is 0 Å². The second-order valence-electron chi connectivity index (χ2n) is 5.17. The van der Waals surface area contributed by atoms with E-state index in [-0.39, 0.29) is 12.6 Å². The largest absolute Gasteiger partial charge is 0.486 e. The van der Waals surface area contributed by atoms with E-state index in [4.69, 9.17) is 18.9 Å². The number of carbonyl (C=O) groups is 1. The molecule has 23 heavy (non-hydrogen) atoms. The molecule has 116 valence electrons. The molecule has 0 amide bonds. The molecule has 0 aliphatic carbocycles. The highest BCUT2D eigenvalue weighted by molar-refractivity contribution is 6.07. The van der Waals surface area contributed by atoms with Crippen LogP contribution in [0.1, 0.15) is 15.9 Å². The Balaban J connectivity index is 1.53. The van der Waals surface area contributed by atoms with Crippen LogP contribution >= 0.6 is 0 Å². The Labute approximate surface area is 133 Å². The average molecular weight is 310 g/mol. The SMILES string of the molecule is O=C(/C=C/c1ccc2c(c1)OCCO2)c1ccc2c(c1)OCO2. The van der Waals surface area contributed by atoms with Gasteiger partial charge in [0.05, 0.1) is 0 Å². The lowest BCUT2D eigenvalue weighted by Crippen LogP contribution is -2.15. The van der Waals surface area contributed by atoms with Crippen molar-refractivity contribution in [3.05, 3.63) is 53.6 Å². The molecule has 0 unspecified atom stereocenters. The molecule has 2 aromatic rings. The summed E-state index contributed by atoms with van der Waals surface area (Å²) in [6.07, 6.45) is 3.29. The maximum absolute atomic E-state index is 12.3. The number of fused-ring (bicyclic) bond motifs is 2. The van der Waals surface area contributed by atoms with Gasteiger partial charge in [-0.25, -0.2) is 0 Å². The van der Waals surface area contributed by atoms with Crippen LogP contribution in [0.25, 0.3) is 6.08 Å². The molecule has 2 aliphatic heterocycles. The zero-order valence-corrected chi connectivity index (χ0v) is 12.3. The Morgan fingerprint density at radius 2 is 1.52 bits per heavy atom. The maximum atomic E-state index is 12.3. The smallest absolute Gasteiger partial charge is 0.231 e. The number of rotatable bonds is 3. The molecular formula is C18H14O5. The summed E-state index contributed by atoms with van der Waals surface area (Å²) < 4.78 is 21.5. The third-order valence-corrected chi connectivity index (χ3v) is 3.65. The molecule has 2 heterocycles. The van der Waals surface area contributed by atoms with Crippen molar-refractivity contribution in [2.24, 2.45) is 0 Å². The molecule has 4 rings (SSSR count). The fourth-order valence-electron chi connectivity index (χ4n) is 2.48. The van der Waals surface area contributed by atoms with E-state index in [2.05, 4.69) is 0 Å². The van der Waals surface area contributed by atoms with Crippen LogP contribution in [0, 0.1) is 0 Å². The summed E-state index contributed by atoms with van der Waals surface area (Å²) in [6, 6.07) is 10.8. The molecule has 0 radical (unpaired) electrons. The minimum absolute atomic E-state index is 0.0989. The van der Waals surface area contributed by atoms with Crippen molar-refractivity contribution in [2.75, 3.05) is 20.0 Å². The first-order chi connectivity index (χ1) is 11.3. The predicted octanol–water partition coefficient (Wildman–Crippen LogP) is 3.08. The average Bonchev–Trinajstić information content (AvgIpc) is 3.07. The summed E-state index contributed by atoms with van der Waals surface area (Å²) >= 11 is 0. The number of ketones is 1. The fourth-order valence-corrected chi connectivity index (χ4v) is 2.48. The third-order valence-electron chi connectivity index (χ3n) is 3.65. The van der Waals surface area contributed by atoms with Gasteiger partial charge in [0, 0.05) is 5.56 Å². The zero-order valence-electron chi connectivity index (χ0n) is 12.3. The second-order valence-corrected chi connectivity index (χ2v) is 5.17. The highest BCUT2D eigenvalue weighted by atomic mass is 16.7. The molecule has 2 aliphatic rings. The fraction of sp³-hybridized carbons (Fsp3) is 0.167.